The van der Waals surface area contributed by atoms with Gasteiger partial charge >= 0.3 is 0 Å². The zero-order valence-corrected chi connectivity index (χ0v) is 17.5. The van der Waals surface area contributed by atoms with Gasteiger partial charge in [-0.05, 0) is 47.4 Å². The smallest absolute Gasteiger partial charge is 0.282 e. The van der Waals surface area contributed by atoms with E-state index in [9.17, 15) is 14.0 Å². The lowest BCUT2D eigenvalue weighted by Crippen LogP contribution is -2.34. The monoisotopic (exact) mass is 414 g/mol. The molecule has 156 valence electrons. The minimum absolute atomic E-state index is 0.281. The van der Waals surface area contributed by atoms with Gasteiger partial charge in [-0.1, -0.05) is 61.5 Å². The molecule has 0 aliphatic carbocycles. The van der Waals surface area contributed by atoms with Gasteiger partial charge in [0.25, 0.3) is 11.8 Å². The molecule has 2 amide bonds. The van der Waals surface area contributed by atoms with E-state index in [1.54, 1.807) is 24.1 Å². The second-order valence-corrected chi connectivity index (χ2v) is 7.54. The topological polar surface area (TPSA) is 40.6 Å². The highest BCUT2D eigenvalue weighted by Gasteiger charge is 2.41. The molecule has 1 aliphatic rings. The van der Waals surface area contributed by atoms with E-state index in [1.807, 2.05) is 49.4 Å². The Morgan fingerprint density at radius 3 is 2.06 bits per heavy atom. The lowest BCUT2D eigenvalue weighted by molar-refractivity contribution is -0.120. The van der Waals surface area contributed by atoms with Crippen LogP contribution in [0.1, 0.15) is 23.6 Å². The number of imide groups is 1. The van der Waals surface area contributed by atoms with E-state index in [-0.39, 0.29) is 11.5 Å². The summed E-state index contributed by atoms with van der Waals surface area (Å²) in [6.45, 7) is 2.51. The number of likely N-dealkylation sites (N-methyl/N-ethyl adjacent to an activating group) is 1. The Kier molecular flexibility index (Phi) is 5.67. The molecule has 31 heavy (non-hydrogen) atoms. The Morgan fingerprint density at radius 1 is 0.806 bits per heavy atom. The number of benzene rings is 3. The first-order valence-corrected chi connectivity index (χ1v) is 10.2. The number of anilines is 1. The van der Waals surface area contributed by atoms with Crippen LogP contribution in [-0.4, -0.2) is 23.8 Å². The van der Waals surface area contributed by atoms with Gasteiger partial charge in [0.1, 0.15) is 11.5 Å². The molecular weight excluding hydrogens is 391 g/mol. The SMILES string of the molecule is CCc1ccc(N2C(=O)C(c3ccc(F)cc3)=C(N(C)Cc3ccccc3)C2=O)cc1. The molecule has 0 spiro atoms. The highest BCUT2D eigenvalue weighted by molar-refractivity contribution is 6.45. The van der Waals surface area contributed by atoms with E-state index in [2.05, 4.69) is 0 Å². The number of carbonyl (C=O) groups is 2. The second kappa shape index (κ2) is 8.56. The predicted octanol–water partition coefficient (Wildman–Crippen LogP) is 4.80. The van der Waals surface area contributed by atoms with Crippen molar-refractivity contribution in [3.8, 4) is 0 Å². The van der Waals surface area contributed by atoms with Gasteiger partial charge in [-0.25, -0.2) is 9.29 Å². The average molecular weight is 414 g/mol. The standard InChI is InChI=1S/C26H23FN2O2/c1-3-18-9-15-22(16-10-18)29-25(30)23(20-11-13-21(27)14-12-20)24(26(29)31)28(2)17-19-7-5-4-6-8-19/h4-16H,3,17H2,1-2H3. The van der Waals surface area contributed by atoms with E-state index in [1.165, 1.54) is 29.2 Å². The fourth-order valence-electron chi connectivity index (χ4n) is 3.80. The summed E-state index contributed by atoms with van der Waals surface area (Å²) in [7, 11) is 1.79. The molecule has 0 saturated heterocycles. The zero-order chi connectivity index (χ0) is 22.0. The molecule has 0 fully saturated rings. The highest BCUT2D eigenvalue weighted by Crippen LogP contribution is 2.35. The molecule has 3 aromatic carbocycles. The van der Waals surface area contributed by atoms with Crippen LogP contribution < -0.4 is 4.90 Å². The Bertz CT molecular complexity index is 1140. The van der Waals surface area contributed by atoms with Gasteiger partial charge in [-0.15, -0.1) is 0 Å². The molecule has 0 aromatic heterocycles. The maximum Gasteiger partial charge on any atom is 0.282 e. The number of rotatable bonds is 6. The van der Waals surface area contributed by atoms with Crippen LogP contribution >= 0.6 is 0 Å². The molecular formula is C26H23FN2O2. The van der Waals surface area contributed by atoms with Crippen molar-refractivity contribution in [1.82, 2.24) is 4.90 Å². The molecule has 0 saturated carbocycles. The first-order valence-electron chi connectivity index (χ1n) is 10.2. The van der Waals surface area contributed by atoms with E-state index >= 15 is 0 Å². The number of amides is 2. The molecule has 1 heterocycles. The molecule has 0 atom stereocenters. The summed E-state index contributed by atoms with van der Waals surface area (Å²) in [4.78, 5) is 29.9. The number of halogens is 1. The fraction of sp³-hybridized carbons (Fsp3) is 0.154. The quantitative estimate of drug-likeness (QED) is 0.544. The molecule has 0 N–H and O–H groups in total. The van der Waals surface area contributed by atoms with Crippen molar-refractivity contribution in [2.75, 3.05) is 11.9 Å². The van der Waals surface area contributed by atoms with Crippen molar-refractivity contribution < 1.29 is 14.0 Å². The van der Waals surface area contributed by atoms with Gasteiger partial charge in [-0.3, -0.25) is 9.59 Å². The molecule has 4 nitrogen and oxygen atoms in total. The third kappa shape index (κ3) is 3.99. The molecule has 1 aliphatic heterocycles. The highest BCUT2D eigenvalue weighted by atomic mass is 19.1. The molecule has 4 rings (SSSR count). The van der Waals surface area contributed by atoms with Gasteiger partial charge in [0.15, 0.2) is 0 Å². The van der Waals surface area contributed by atoms with Crippen LogP contribution in [0.15, 0.2) is 84.6 Å². The molecule has 0 bridgehead atoms. The summed E-state index contributed by atoms with van der Waals surface area (Å²) >= 11 is 0. The maximum atomic E-state index is 13.5. The van der Waals surface area contributed by atoms with Crippen molar-refractivity contribution in [2.45, 2.75) is 19.9 Å². The van der Waals surface area contributed by atoms with Gasteiger partial charge in [0.2, 0.25) is 0 Å². The minimum Gasteiger partial charge on any atom is -0.365 e. The number of aryl methyl sites for hydroxylation is 1. The van der Waals surface area contributed by atoms with Crippen molar-refractivity contribution in [1.29, 1.82) is 0 Å². The lowest BCUT2D eigenvalue weighted by Gasteiger charge is -2.21. The van der Waals surface area contributed by atoms with E-state index in [0.29, 0.717) is 23.5 Å². The summed E-state index contributed by atoms with van der Waals surface area (Å²) < 4.78 is 13.5. The van der Waals surface area contributed by atoms with Gasteiger partial charge in [-0.2, -0.15) is 0 Å². The summed E-state index contributed by atoms with van der Waals surface area (Å²) in [6, 6.07) is 22.8. The van der Waals surface area contributed by atoms with Crippen molar-refractivity contribution >= 4 is 23.1 Å². The lowest BCUT2D eigenvalue weighted by atomic mass is 10.0. The Balaban J connectivity index is 1.77. The average Bonchev–Trinajstić information content (AvgIpc) is 3.05. The number of hydrogen-bond acceptors (Lipinski definition) is 3. The first-order chi connectivity index (χ1) is 15.0. The summed E-state index contributed by atoms with van der Waals surface area (Å²) in [5.41, 5.74) is 3.76. The minimum atomic E-state index is -0.407. The van der Waals surface area contributed by atoms with Crippen LogP contribution in [0.25, 0.3) is 5.57 Å². The van der Waals surface area contributed by atoms with E-state index in [4.69, 9.17) is 0 Å². The third-order valence-corrected chi connectivity index (χ3v) is 5.44. The number of nitrogens with zero attached hydrogens (tertiary/aromatic N) is 2. The van der Waals surface area contributed by atoms with Crippen LogP contribution in [0, 0.1) is 5.82 Å². The largest absolute Gasteiger partial charge is 0.365 e. The second-order valence-electron chi connectivity index (χ2n) is 7.54. The zero-order valence-electron chi connectivity index (χ0n) is 17.5. The van der Waals surface area contributed by atoms with Crippen LogP contribution in [0.2, 0.25) is 0 Å². The number of carbonyl (C=O) groups excluding carboxylic acids is 2. The van der Waals surface area contributed by atoms with Gasteiger partial charge < -0.3 is 4.90 Å². The van der Waals surface area contributed by atoms with Crippen molar-refractivity contribution in [3.05, 3.63) is 107 Å². The summed E-state index contributed by atoms with van der Waals surface area (Å²) in [5.74, 6) is -1.19. The Morgan fingerprint density at radius 2 is 1.45 bits per heavy atom. The van der Waals surface area contributed by atoms with Gasteiger partial charge in [0.05, 0.1) is 11.3 Å². The molecule has 0 radical (unpaired) electrons. The van der Waals surface area contributed by atoms with Crippen LogP contribution in [0.5, 0.6) is 0 Å². The van der Waals surface area contributed by atoms with Gasteiger partial charge in [0, 0.05) is 13.6 Å². The van der Waals surface area contributed by atoms with Crippen LogP contribution in [0.4, 0.5) is 10.1 Å². The van der Waals surface area contributed by atoms with Crippen molar-refractivity contribution in [3.63, 3.8) is 0 Å². The Labute approximate surface area is 181 Å². The number of hydrogen-bond donors (Lipinski definition) is 0. The summed E-state index contributed by atoms with van der Waals surface area (Å²) in [5, 5.41) is 0. The van der Waals surface area contributed by atoms with Crippen molar-refractivity contribution in [2.24, 2.45) is 0 Å². The Hall–Kier alpha value is -3.73. The normalized spacial score (nSPS) is 13.8. The van der Waals surface area contributed by atoms with E-state index < -0.39 is 11.7 Å². The third-order valence-electron chi connectivity index (χ3n) is 5.44. The molecule has 0 unspecified atom stereocenters. The predicted molar refractivity (Wildman–Crippen MR) is 120 cm³/mol. The maximum absolute atomic E-state index is 13.5. The first kappa shape index (κ1) is 20.5. The summed E-state index contributed by atoms with van der Waals surface area (Å²) in [6.07, 6.45) is 0.867. The fourth-order valence-corrected chi connectivity index (χ4v) is 3.80. The van der Waals surface area contributed by atoms with Crippen LogP contribution in [-0.2, 0) is 22.6 Å². The van der Waals surface area contributed by atoms with Crippen LogP contribution in [0.3, 0.4) is 0 Å². The molecule has 3 aromatic rings. The molecule has 5 heteroatoms. The van der Waals surface area contributed by atoms with E-state index in [0.717, 1.165) is 17.5 Å².